The Bertz CT molecular complexity index is 432. The molecule has 1 rings (SSSR count). The zero-order valence-corrected chi connectivity index (χ0v) is 12.7. The molecule has 106 valence electrons. The Labute approximate surface area is 118 Å². The van der Waals surface area contributed by atoms with Gasteiger partial charge in [-0.2, -0.15) is 0 Å². The molecule has 19 heavy (non-hydrogen) atoms. The van der Waals surface area contributed by atoms with E-state index in [2.05, 4.69) is 37.1 Å². The zero-order chi connectivity index (χ0) is 14.5. The molecule has 1 atom stereocenters. The summed E-state index contributed by atoms with van der Waals surface area (Å²) in [5.41, 5.74) is 0.708. The van der Waals surface area contributed by atoms with Crippen molar-refractivity contribution in [3.63, 3.8) is 0 Å². The fourth-order valence-corrected chi connectivity index (χ4v) is 2.23. The van der Waals surface area contributed by atoms with Crippen LogP contribution in [0.5, 0.6) is 5.88 Å². The van der Waals surface area contributed by atoms with Crippen LogP contribution in [0.1, 0.15) is 38.8 Å². The minimum absolute atomic E-state index is 0.0629. The largest absolute Gasteiger partial charge is 0.481 e. The summed E-state index contributed by atoms with van der Waals surface area (Å²) in [4.78, 5) is 3.96. The summed E-state index contributed by atoms with van der Waals surface area (Å²) in [6, 6.07) is 1.37. The maximum Gasteiger partial charge on any atom is 0.218 e. The van der Waals surface area contributed by atoms with Crippen LogP contribution in [0.3, 0.4) is 0 Å². The number of halogens is 1. The SMILES string of the molecule is C=CC[C@@H](NSC(C)(C)C)c1cc(F)cnc1OC. The average molecular weight is 284 g/mol. The summed E-state index contributed by atoms with van der Waals surface area (Å²) in [7, 11) is 1.53. The number of rotatable bonds is 6. The first-order valence-electron chi connectivity index (χ1n) is 6.11. The van der Waals surface area contributed by atoms with Gasteiger partial charge in [-0.25, -0.2) is 9.37 Å². The summed E-state index contributed by atoms with van der Waals surface area (Å²) in [5.74, 6) is 0.0719. The van der Waals surface area contributed by atoms with Crippen LogP contribution >= 0.6 is 11.9 Å². The first-order valence-corrected chi connectivity index (χ1v) is 6.93. The summed E-state index contributed by atoms with van der Waals surface area (Å²) >= 11 is 1.60. The Hall–Kier alpha value is -1.07. The van der Waals surface area contributed by atoms with Crippen molar-refractivity contribution in [1.29, 1.82) is 0 Å². The molecule has 1 aromatic heterocycles. The van der Waals surface area contributed by atoms with Gasteiger partial charge in [0.15, 0.2) is 0 Å². The van der Waals surface area contributed by atoms with Crippen molar-refractivity contribution in [2.24, 2.45) is 0 Å². The second-order valence-corrected chi connectivity index (χ2v) is 6.83. The molecule has 0 fully saturated rings. The van der Waals surface area contributed by atoms with Crippen molar-refractivity contribution in [3.8, 4) is 5.88 Å². The Morgan fingerprint density at radius 3 is 2.79 bits per heavy atom. The number of hydrogen-bond donors (Lipinski definition) is 1. The molecule has 1 heterocycles. The number of methoxy groups -OCH3 is 1. The van der Waals surface area contributed by atoms with E-state index in [-0.39, 0.29) is 16.6 Å². The highest BCUT2D eigenvalue weighted by Gasteiger charge is 2.20. The molecule has 0 aromatic carbocycles. The van der Waals surface area contributed by atoms with Gasteiger partial charge in [-0.15, -0.1) is 6.58 Å². The number of pyridine rings is 1. The molecule has 0 saturated heterocycles. The van der Waals surface area contributed by atoms with Gasteiger partial charge < -0.3 is 4.74 Å². The lowest BCUT2D eigenvalue weighted by Gasteiger charge is -2.24. The summed E-state index contributed by atoms with van der Waals surface area (Å²) < 4.78 is 22.0. The fourth-order valence-electron chi connectivity index (χ4n) is 1.52. The highest BCUT2D eigenvalue weighted by molar-refractivity contribution is 7.98. The predicted molar refractivity (Wildman–Crippen MR) is 78.8 cm³/mol. The van der Waals surface area contributed by atoms with Crippen molar-refractivity contribution >= 4 is 11.9 Å². The highest BCUT2D eigenvalue weighted by Crippen LogP contribution is 2.31. The van der Waals surface area contributed by atoms with E-state index in [4.69, 9.17) is 4.74 Å². The number of hydrogen-bond acceptors (Lipinski definition) is 4. The minimum atomic E-state index is -0.368. The van der Waals surface area contributed by atoms with Crippen LogP contribution in [-0.2, 0) is 0 Å². The molecular formula is C14H21FN2OS. The van der Waals surface area contributed by atoms with Gasteiger partial charge in [0, 0.05) is 10.3 Å². The second kappa shape index (κ2) is 6.91. The second-order valence-electron chi connectivity index (χ2n) is 5.16. The van der Waals surface area contributed by atoms with Gasteiger partial charge in [-0.3, -0.25) is 4.72 Å². The fraction of sp³-hybridized carbons (Fsp3) is 0.500. The molecule has 0 unspecified atom stereocenters. The summed E-state index contributed by atoms with van der Waals surface area (Å²) in [6.07, 6.45) is 3.63. The van der Waals surface area contributed by atoms with Gasteiger partial charge in [0.2, 0.25) is 5.88 Å². The lowest BCUT2D eigenvalue weighted by Crippen LogP contribution is -2.22. The zero-order valence-electron chi connectivity index (χ0n) is 11.9. The van der Waals surface area contributed by atoms with Crippen LogP contribution in [-0.4, -0.2) is 16.8 Å². The molecule has 0 amide bonds. The van der Waals surface area contributed by atoms with Crippen molar-refractivity contribution in [3.05, 3.63) is 36.3 Å². The lowest BCUT2D eigenvalue weighted by molar-refractivity contribution is 0.384. The van der Waals surface area contributed by atoms with Crippen LogP contribution in [0, 0.1) is 5.82 Å². The van der Waals surface area contributed by atoms with Gasteiger partial charge in [0.1, 0.15) is 5.82 Å². The third-order valence-electron chi connectivity index (χ3n) is 2.32. The van der Waals surface area contributed by atoms with E-state index < -0.39 is 0 Å². The predicted octanol–water partition coefficient (Wildman–Crippen LogP) is 3.88. The Balaban J connectivity index is 2.97. The highest BCUT2D eigenvalue weighted by atomic mass is 32.2. The van der Waals surface area contributed by atoms with E-state index in [1.165, 1.54) is 13.2 Å². The van der Waals surface area contributed by atoms with E-state index in [0.29, 0.717) is 17.9 Å². The van der Waals surface area contributed by atoms with Crippen LogP contribution in [0.4, 0.5) is 4.39 Å². The van der Waals surface area contributed by atoms with Crippen LogP contribution < -0.4 is 9.46 Å². The van der Waals surface area contributed by atoms with Gasteiger partial charge in [-0.05, 0) is 33.3 Å². The third-order valence-corrected chi connectivity index (χ3v) is 3.34. The standard InChI is InChI=1S/C14H21FN2OS/c1-6-7-12(17-19-14(2,3)4)11-8-10(15)9-16-13(11)18-5/h6,8-9,12,17H,1,7H2,2-5H3/t12-/m1/s1. The number of nitrogens with one attached hydrogen (secondary N) is 1. The molecule has 5 heteroatoms. The van der Waals surface area contributed by atoms with Crippen molar-refractivity contribution in [2.45, 2.75) is 38.0 Å². The molecule has 0 bridgehead atoms. The van der Waals surface area contributed by atoms with Crippen LogP contribution in [0.2, 0.25) is 0 Å². The number of aromatic nitrogens is 1. The monoisotopic (exact) mass is 284 g/mol. The first-order chi connectivity index (χ1) is 8.87. The molecule has 0 spiro atoms. The van der Waals surface area contributed by atoms with Crippen LogP contribution in [0.15, 0.2) is 24.9 Å². The Morgan fingerprint density at radius 2 is 2.26 bits per heavy atom. The van der Waals surface area contributed by atoms with E-state index >= 15 is 0 Å². The molecule has 0 aliphatic rings. The minimum Gasteiger partial charge on any atom is -0.481 e. The number of ether oxygens (including phenoxy) is 1. The molecule has 0 aliphatic heterocycles. The quantitative estimate of drug-likeness (QED) is 0.635. The molecule has 1 aromatic rings. The van der Waals surface area contributed by atoms with E-state index in [0.717, 1.165) is 6.20 Å². The van der Waals surface area contributed by atoms with Crippen LogP contribution in [0.25, 0.3) is 0 Å². The topological polar surface area (TPSA) is 34.2 Å². The van der Waals surface area contributed by atoms with Crippen molar-refractivity contribution < 1.29 is 9.13 Å². The molecule has 0 saturated carbocycles. The molecular weight excluding hydrogens is 263 g/mol. The smallest absolute Gasteiger partial charge is 0.218 e. The van der Waals surface area contributed by atoms with Gasteiger partial charge >= 0.3 is 0 Å². The maximum absolute atomic E-state index is 13.4. The molecule has 3 nitrogen and oxygen atoms in total. The van der Waals surface area contributed by atoms with E-state index in [1.807, 2.05) is 0 Å². The lowest BCUT2D eigenvalue weighted by atomic mass is 10.1. The molecule has 0 radical (unpaired) electrons. The van der Waals surface area contributed by atoms with E-state index in [9.17, 15) is 4.39 Å². The summed E-state index contributed by atoms with van der Waals surface area (Å²) in [5, 5.41) is 0. The Morgan fingerprint density at radius 1 is 1.58 bits per heavy atom. The van der Waals surface area contributed by atoms with Crippen molar-refractivity contribution in [1.82, 2.24) is 9.71 Å². The Kier molecular flexibility index (Phi) is 5.82. The molecule has 1 N–H and O–H groups in total. The number of nitrogens with zero attached hydrogens (tertiary/aromatic N) is 1. The maximum atomic E-state index is 13.4. The normalized spacial score (nSPS) is 13.1. The van der Waals surface area contributed by atoms with E-state index in [1.54, 1.807) is 18.0 Å². The van der Waals surface area contributed by atoms with Gasteiger partial charge in [-0.1, -0.05) is 18.0 Å². The van der Waals surface area contributed by atoms with Crippen molar-refractivity contribution in [2.75, 3.05) is 7.11 Å². The van der Waals surface area contributed by atoms with Gasteiger partial charge in [0.25, 0.3) is 0 Å². The summed E-state index contributed by atoms with van der Waals surface area (Å²) in [6.45, 7) is 10.1. The third kappa shape index (κ3) is 5.20. The molecule has 0 aliphatic carbocycles. The van der Waals surface area contributed by atoms with Gasteiger partial charge in [0.05, 0.1) is 19.3 Å². The average Bonchev–Trinajstić information content (AvgIpc) is 2.33. The first kappa shape index (κ1) is 16.0.